The van der Waals surface area contributed by atoms with Crippen LogP contribution in [0.1, 0.15) is 20.8 Å². The minimum absolute atomic E-state index is 0.119. The van der Waals surface area contributed by atoms with E-state index in [-0.39, 0.29) is 11.8 Å². The molecule has 0 saturated heterocycles. The molecule has 0 bridgehead atoms. The maximum Gasteiger partial charge on any atom is 0.326 e. The highest BCUT2D eigenvalue weighted by molar-refractivity contribution is 5.91. The van der Waals surface area contributed by atoms with Crippen LogP contribution in [0.5, 0.6) is 0 Å². The maximum atomic E-state index is 11.0. The van der Waals surface area contributed by atoms with E-state index in [1.54, 1.807) is 26.8 Å². The number of rotatable bonds is 4. The molecule has 74 valence electrons. The lowest BCUT2D eigenvalue weighted by Crippen LogP contribution is -2.43. The van der Waals surface area contributed by atoms with Crippen molar-refractivity contribution < 1.29 is 14.7 Å². The van der Waals surface area contributed by atoms with Crippen LogP contribution in [0.2, 0.25) is 0 Å². The van der Waals surface area contributed by atoms with Crippen molar-refractivity contribution in [3.63, 3.8) is 0 Å². The number of nitrogens with one attached hydrogen (secondary N) is 1. The number of aliphatic carboxylic acids is 1. The van der Waals surface area contributed by atoms with Gasteiger partial charge in [0, 0.05) is 0 Å². The average Bonchev–Trinajstić information content (AvgIpc) is 1.99. The summed E-state index contributed by atoms with van der Waals surface area (Å²) in [5, 5.41) is 11.1. The van der Waals surface area contributed by atoms with Gasteiger partial charge in [0.15, 0.2) is 0 Å². The molecule has 2 N–H and O–H groups in total. The third-order valence-corrected chi connectivity index (χ3v) is 1.55. The standard InChI is InChI=1S/C9H15NO3/c1-4-5-7(11)10-8(6(2)3)9(12)13/h4-6,8H,1-3H3,(H,10,11)(H,12,13)/t8-/m1/s1. The summed E-state index contributed by atoms with van der Waals surface area (Å²) >= 11 is 0. The highest BCUT2D eigenvalue weighted by Gasteiger charge is 2.22. The Balaban J connectivity index is 4.27. The first-order valence-electron chi connectivity index (χ1n) is 4.15. The second-order valence-corrected chi connectivity index (χ2v) is 3.07. The molecule has 0 aromatic carbocycles. The molecule has 13 heavy (non-hydrogen) atoms. The number of hydrogen-bond donors (Lipinski definition) is 2. The molecule has 0 rings (SSSR count). The summed E-state index contributed by atoms with van der Waals surface area (Å²) in [6.07, 6.45) is 2.87. The van der Waals surface area contributed by atoms with Gasteiger partial charge in [-0.15, -0.1) is 0 Å². The van der Waals surface area contributed by atoms with E-state index < -0.39 is 12.0 Å². The first-order valence-corrected chi connectivity index (χ1v) is 4.15. The van der Waals surface area contributed by atoms with Crippen molar-refractivity contribution in [1.29, 1.82) is 0 Å². The summed E-state index contributed by atoms with van der Waals surface area (Å²) in [5.41, 5.74) is 0. The fraction of sp³-hybridized carbons (Fsp3) is 0.556. The van der Waals surface area contributed by atoms with E-state index in [0.29, 0.717) is 0 Å². The molecule has 0 aliphatic carbocycles. The summed E-state index contributed by atoms with van der Waals surface area (Å²) in [6, 6.07) is -0.816. The van der Waals surface area contributed by atoms with Gasteiger partial charge in [-0.2, -0.15) is 0 Å². The quantitative estimate of drug-likeness (QED) is 0.636. The van der Waals surface area contributed by atoms with Crippen LogP contribution in [0.25, 0.3) is 0 Å². The molecule has 0 radical (unpaired) electrons. The van der Waals surface area contributed by atoms with E-state index in [1.807, 2.05) is 0 Å². The fourth-order valence-electron chi connectivity index (χ4n) is 0.866. The zero-order valence-corrected chi connectivity index (χ0v) is 8.07. The number of carboxylic acids is 1. The number of allylic oxidation sites excluding steroid dienone is 1. The summed E-state index contributed by atoms with van der Waals surface area (Å²) in [4.78, 5) is 21.6. The van der Waals surface area contributed by atoms with Crippen molar-refractivity contribution in [1.82, 2.24) is 5.32 Å². The van der Waals surface area contributed by atoms with Crippen LogP contribution in [0.15, 0.2) is 12.2 Å². The molecular weight excluding hydrogens is 170 g/mol. The smallest absolute Gasteiger partial charge is 0.326 e. The Morgan fingerprint density at radius 2 is 1.92 bits per heavy atom. The lowest BCUT2D eigenvalue weighted by atomic mass is 10.1. The van der Waals surface area contributed by atoms with Crippen LogP contribution in [0.3, 0.4) is 0 Å². The minimum atomic E-state index is -1.01. The monoisotopic (exact) mass is 185 g/mol. The van der Waals surface area contributed by atoms with Crippen LogP contribution >= 0.6 is 0 Å². The second-order valence-electron chi connectivity index (χ2n) is 3.07. The van der Waals surface area contributed by atoms with E-state index in [2.05, 4.69) is 5.32 Å². The summed E-state index contributed by atoms with van der Waals surface area (Å²) < 4.78 is 0. The lowest BCUT2D eigenvalue weighted by Gasteiger charge is -2.16. The number of amides is 1. The van der Waals surface area contributed by atoms with Gasteiger partial charge in [0.25, 0.3) is 0 Å². The van der Waals surface area contributed by atoms with Gasteiger partial charge in [0.05, 0.1) is 0 Å². The molecule has 0 spiro atoms. The van der Waals surface area contributed by atoms with E-state index in [1.165, 1.54) is 6.08 Å². The first-order chi connectivity index (χ1) is 5.99. The molecule has 4 heteroatoms. The second kappa shape index (κ2) is 5.35. The zero-order chi connectivity index (χ0) is 10.4. The Labute approximate surface area is 77.6 Å². The van der Waals surface area contributed by atoms with Crippen molar-refractivity contribution in [2.45, 2.75) is 26.8 Å². The summed E-state index contributed by atoms with van der Waals surface area (Å²) in [5.74, 6) is -1.50. The van der Waals surface area contributed by atoms with Gasteiger partial charge in [0.2, 0.25) is 5.91 Å². The molecule has 0 aromatic heterocycles. The average molecular weight is 185 g/mol. The van der Waals surface area contributed by atoms with E-state index in [9.17, 15) is 9.59 Å². The molecule has 0 unspecified atom stereocenters. The van der Waals surface area contributed by atoms with Crippen LogP contribution < -0.4 is 5.32 Å². The van der Waals surface area contributed by atoms with Gasteiger partial charge in [-0.3, -0.25) is 4.79 Å². The molecule has 4 nitrogen and oxygen atoms in total. The number of carbonyl (C=O) groups is 2. The van der Waals surface area contributed by atoms with Gasteiger partial charge in [-0.25, -0.2) is 4.79 Å². The van der Waals surface area contributed by atoms with Gasteiger partial charge >= 0.3 is 5.97 Å². The van der Waals surface area contributed by atoms with Gasteiger partial charge < -0.3 is 10.4 Å². The highest BCUT2D eigenvalue weighted by atomic mass is 16.4. The molecule has 0 aromatic rings. The fourth-order valence-corrected chi connectivity index (χ4v) is 0.866. The molecule has 0 heterocycles. The normalized spacial score (nSPS) is 13.2. The minimum Gasteiger partial charge on any atom is -0.480 e. The molecule has 0 aliphatic rings. The van der Waals surface area contributed by atoms with Crippen LogP contribution in [0, 0.1) is 5.92 Å². The Morgan fingerprint density at radius 3 is 2.23 bits per heavy atom. The van der Waals surface area contributed by atoms with E-state index in [4.69, 9.17) is 5.11 Å². The first kappa shape index (κ1) is 11.7. The van der Waals surface area contributed by atoms with Crippen molar-refractivity contribution in [2.24, 2.45) is 5.92 Å². The molecule has 1 amide bonds. The molecule has 1 atom stereocenters. The topological polar surface area (TPSA) is 66.4 Å². The Morgan fingerprint density at radius 1 is 1.38 bits per heavy atom. The Bertz CT molecular complexity index is 221. The molecule has 0 saturated carbocycles. The zero-order valence-electron chi connectivity index (χ0n) is 8.07. The number of carboxylic acid groups (broad SMARTS) is 1. The highest BCUT2D eigenvalue weighted by Crippen LogP contribution is 2.01. The Kier molecular flexibility index (Phi) is 4.80. The summed E-state index contributed by atoms with van der Waals surface area (Å²) in [6.45, 7) is 5.19. The molecule has 0 fully saturated rings. The van der Waals surface area contributed by atoms with Crippen molar-refractivity contribution in [3.8, 4) is 0 Å². The lowest BCUT2D eigenvalue weighted by molar-refractivity contribution is -0.142. The van der Waals surface area contributed by atoms with Crippen LogP contribution in [0.4, 0.5) is 0 Å². The van der Waals surface area contributed by atoms with Gasteiger partial charge in [-0.1, -0.05) is 19.9 Å². The number of hydrogen-bond acceptors (Lipinski definition) is 2. The molecule has 0 aliphatic heterocycles. The van der Waals surface area contributed by atoms with Crippen LogP contribution in [-0.4, -0.2) is 23.0 Å². The third kappa shape index (κ3) is 4.30. The van der Waals surface area contributed by atoms with Crippen molar-refractivity contribution >= 4 is 11.9 Å². The largest absolute Gasteiger partial charge is 0.480 e. The van der Waals surface area contributed by atoms with E-state index in [0.717, 1.165) is 0 Å². The SMILES string of the molecule is CC=CC(=O)N[C@@H](C(=O)O)C(C)C. The van der Waals surface area contributed by atoms with Crippen LogP contribution in [-0.2, 0) is 9.59 Å². The van der Waals surface area contributed by atoms with Crippen molar-refractivity contribution in [3.05, 3.63) is 12.2 Å². The Hall–Kier alpha value is -1.32. The molecular formula is C9H15NO3. The maximum absolute atomic E-state index is 11.0. The van der Waals surface area contributed by atoms with Crippen molar-refractivity contribution in [2.75, 3.05) is 0 Å². The predicted molar refractivity (Wildman–Crippen MR) is 49.2 cm³/mol. The van der Waals surface area contributed by atoms with Gasteiger partial charge in [-0.05, 0) is 18.9 Å². The predicted octanol–water partition coefficient (Wildman–Crippen LogP) is 0.788. The van der Waals surface area contributed by atoms with E-state index >= 15 is 0 Å². The third-order valence-electron chi connectivity index (χ3n) is 1.55. The summed E-state index contributed by atoms with van der Waals surface area (Å²) in [7, 11) is 0. The van der Waals surface area contributed by atoms with Gasteiger partial charge in [0.1, 0.15) is 6.04 Å². The number of carbonyl (C=O) groups excluding carboxylic acids is 1.